The fraction of sp³-hybridized carbons (Fsp3) is 0.267. The molecular formula is C15H15ClN2O4S3. The van der Waals surface area contributed by atoms with E-state index in [0.717, 1.165) is 21.6 Å². The fourth-order valence-corrected chi connectivity index (χ4v) is 6.27. The summed E-state index contributed by atoms with van der Waals surface area (Å²) in [6.45, 7) is 2.45. The van der Waals surface area contributed by atoms with E-state index in [0.29, 0.717) is 27.2 Å². The molecule has 3 aromatic rings. The average molecular weight is 419 g/mol. The third kappa shape index (κ3) is 3.29. The van der Waals surface area contributed by atoms with Crippen molar-refractivity contribution in [1.29, 1.82) is 0 Å². The van der Waals surface area contributed by atoms with Gasteiger partial charge in [-0.3, -0.25) is 0 Å². The van der Waals surface area contributed by atoms with E-state index in [4.69, 9.17) is 21.1 Å². The molecule has 0 fully saturated rings. The number of sulfonamides is 1. The van der Waals surface area contributed by atoms with Crippen molar-refractivity contribution in [3.8, 4) is 11.5 Å². The van der Waals surface area contributed by atoms with E-state index in [2.05, 4.69) is 4.40 Å². The lowest BCUT2D eigenvalue weighted by molar-refractivity contribution is 0.409. The molecule has 0 aliphatic heterocycles. The Morgan fingerprint density at radius 1 is 1.12 bits per heavy atom. The number of hydrogen-bond acceptors (Lipinski definition) is 6. The smallest absolute Gasteiger partial charge is 0.294 e. The molecule has 10 heteroatoms. The Balaban J connectivity index is 2.33. The molecule has 0 unspecified atom stereocenters. The van der Waals surface area contributed by atoms with E-state index >= 15 is 0 Å². The summed E-state index contributed by atoms with van der Waals surface area (Å²) in [5.41, 5.74) is 0.757. The number of halogens is 1. The van der Waals surface area contributed by atoms with Gasteiger partial charge < -0.3 is 14.0 Å². The molecule has 0 bridgehead atoms. The van der Waals surface area contributed by atoms with Crippen molar-refractivity contribution in [1.82, 2.24) is 4.57 Å². The van der Waals surface area contributed by atoms with Crippen molar-refractivity contribution < 1.29 is 17.9 Å². The van der Waals surface area contributed by atoms with Crippen LogP contribution in [0.1, 0.15) is 6.92 Å². The number of methoxy groups -OCH3 is 2. The van der Waals surface area contributed by atoms with E-state index in [9.17, 15) is 8.42 Å². The van der Waals surface area contributed by atoms with Gasteiger partial charge in [0, 0.05) is 6.54 Å². The van der Waals surface area contributed by atoms with E-state index in [1.807, 2.05) is 6.92 Å². The molecule has 25 heavy (non-hydrogen) atoms. The summed E-state index contributed by atoms with van der Waals surface area (Å²) in [5.74, 6) is 1.27. The van der Waals surface area contributed by atoms with Crippen molar-refractivity contribution in [2.24, 2.45) is 4.40 Å². The molecule has 3 rings (SSSR count). The molecule has 2 aromatic heterocycles. The maximum absolute atomic E-state index is 12.6. The summed E-state index contributed by atoms with van der Waals surface area (Å²) in [7, 11) is -0.707. The van der Waals surface area contributed by atoms with Gasteiger partial charge in [-0.25, -0.2) is 0 Å². The molecule has 0 saturated carbocycles. The Hall–Kier alpha value is -1.55. The summed E-state index contributed by atoms with van der Waals surface area (Å²) < 4.78 is 43.1. The van der Waals surface area contributed by atoms with E-state index in [1.54, 1.807) is 37.0 Å². The molecule has 2 heterocycles. The lowest BCUT2D eigenvalue weighted by atomic mass is 10.3. The highest BCUT2D eigenvalue weighted by Gasteiger charge is 2.19. The average Bonchev–Trinajstić information content (AvgIpc) is 3.17. The van der Waals surface area contributed by atoms with E-state index in [-0.39, 0.29) is 4.21 Å². The molecule has 0 radical (unpaired) electrons. The number of hydrogen-bond donors (Lipinski definition) is 0. The second-order valence-corrected chi connectivity index (χ2v) is 9.43. The first-order valence-electron chi connectivity index (χ1n) is 7.22. The zero-order chi connectivity index (χ0) is 18.2. The summed E-state index contributed by atoms with van der Waals surface area (Å²) >= 11 is 8.07. The minimum atomic E-state index is -3.84. The monoisotopic (exact) mass is 418 g/mol. The Kier molecular flexibility index (Phi) is 5.10. The van der Waals surface area contributed by atoms with Gasteiger partial charge in [0.25, 0.3) is 10.0 Å². The van der Waals surface area contributed by atoms with Crippen molar-refractivity contribution in [3.63, 3.8) is 0 Å². The SMILES string of the molecule is CCn1c(=NS(=O)(=O)c2ccc(Cl)s2)sc2c(OC)ccc(OC)c21. The minimum Gasteiger partial charge on any atom is -0.495 e. The van der Waals surface area contributed by atoms with Gasteiger partial charge in [0.1, 0.15) is 25.9 Å². The first-order chi connectivity index (χ1) is 11.9. The van der Waals surface area contributed by atoms with Crippen LogP contribution in [0.5, 0.6) is 11.5 Å². The van der Waals surface area contributed by atoms with Crippen molar-refractivity contribution >= 4 is 54.5 Å². The summed E-state index contributed by atoms with van der Waals surface area (Å²) in [6.07, 6.45) is 0. The normalized spacial score (nSPS) is 12.7. The van der Waals surface area contributed by atoms with Crippen LogP contribution >= 0.6 is 34.3 Å². The quantitative estimate of drug-likeness (QED) is 0.632. The van der Waals surface area contributed by atoms with Crippen molar-refractivity contribution in [2.45, 2.75) is 17.7 Å². The first kappa shape index (κ1) is 18.2. The second kappa shape index (κ2) is 6.99. The highest BCUT2D eigenvalue weighted by molar-refractivity contribution is 7.92. The van der Waals surface area contributed by atoms with E-state index in [1.165, 1.54) is 17.4 Å². The lowest BCUT2D eigenvalue weighted by Gasteiger charge is -2.08. The van der Waals surface area contributed by atoms with E-state index < -0.39 is 10.0 Å². The molecule has 0 amide bonds. The number of nitrogens with zero attached hydrogens (tertiary/aromatic N) is 2. The molecule has 0 aliphatic rings. The van der Waals surface area contributed by atoms with Gasteiger partial charge in [-0.2, -0.15) is 8.42 Å². The molecule has 6 nitrogen and oxygen atoms in total. The fourth-order valence-electron chi connectivity index (χ4n) is 2.40. The molecule has 1 aromatic carbocycles. The van der Waals surface area contributed by atoms with Crippen LogP contribution in [0.3, 0.4) is 0 Å². The number of rotatable bonds is 5. The van der Waals surface area contributed by atoms with Crippen LogP contribution in [0, 0.1) is 0 Å². The number of fused-ring (bicyclic) bond motifs is 1. The molecular weight excluding hydrogens is 404 g/mol. The lowest BCUT2D eigenvalue weighted by Crippen LogP contribution is -2.16. The maximum atomic E-state index is 12.6. The molecule has 0 N–H and O–H groups in total. The molecule has 0 atom stereocenters. The minimum absolute atomic E-state index is 0.108. The van der Waals surface area contributed by atoms with Gasteiger partial charge >= 0.3 is 0 Å². The molecule has 0 saturated heterocycles. The topological polar surface area (TPSA) is 69.9 Å². The number of thiazole rings is 1. The highest BCUT2D eigenvalue weighted by Crippen LogP contribution is 2.35. The zero-order valence-electron chi connectivity index (χ0n) is 13.6. The van der Waals surface area contributed by atoms with Gasteiger partial charge in [0.05, 0.1) is 18.6 Å². The van der Waals surface area contributed by atoms with Crippen LogP contribution in [-0.2, 0) is 16.6 Å². The predicted molar refractivity (Wildman–Crippen MR) is 101 cm³/mol. The Bertz CT molecular complexity index is 1100. The third-order valence-electron chi connectivity index (χ3n) is 3.51. The van der Waals surface area contributed by atoms with Crippen LogP contribution in [0.2, 0.25) is 4.34 Å². The summed E-state index contributed by atoms with van der Waals surface area (Å²) in [5, 5.41) is 0. The summed E-state index contributed by atoms with van der Waals surface area (Å²) in [4.78, 5) is 0.352. The van der Waals surface area contributed by atoms with Crippen molar-refractivity contribution in [3.05, 3.63) is 33.4 Å². The van der Waals surface area contributed by atoms with Crippen LogP contribution in [-0.4, -0.2) is 27.2 Å². The van der Waals surface area contributed by atoms with Crippen LogP contribution in [0.15, 0.2) is 32.9 Å². The summed E-state index contributed by atoms with van der Waals surface area (Å²) in [6, 6.07) is 6.57. The predicted octanol–water partition coefficient (Wildman–Crippen LogP) is 3.74. The first-order valence-corrected chi connectivity index (χ1v) is 10.7. The Morgan fingerprint density at radius 3 is 2.36 bits per heavy atom. The van der Waals surface area contributed by atoms with Crippen LogP contribution in [0.4, 0.5) is 0 Å². The zero-order valence-corrected chi connectivity index (χ0v) is 16.9. The largest absolute Gasteiger partial charge is 0.495 e. The number of benzene rings is 1. The van der Waals surface area contributed by atoms with Gasteiger partial charge in [-0.15, -0.1) is 15.7 Å². The van der Waals surface area contributed by atoms with Gasteiger partial charge in [0.2, 0.25) is 4.80 Å². The standard InChI is InChI=1S/C15H15ClN2O4S3/c1-4-18-13-9(21-2)5-6-10(22-3)14(13)24-15(18)17-25(19,20)12-8-7-11(16)23-12/h5-8H,4H2,1-3H3. The molecule has 0 aliphatic carbocycles. The second-order valence-electron chi connectivity index (χ2n) is 4.90. The third-order valence-corrected chi connectivity index (χ3v) is 7.68. The Morgan fingerprint density at radius 2 is 1.80 bits per heavy atom. The number of thiophene rings is 1. The van der Waals surface area contributed by atoms with Crippen LogP contribution in [0.25, 0.3) is 10.2 Å². The van der Waals surface area contributed by atoms with Gasteiger partial charge in [0.15, 0.2) is 0 Å². The van der Waals surface area contributed by atoms with Crippen LogP contribution < -0.4 is 14.3 Å². The number of aryl methyl sites for hydroxylation is 1. The maximum Gasteiger partial charge on any atom is 0.294 e. The number of aromatic nitrogens is 1. The van der Waals surface area contributed by atoms with Crippen molar-refractivity contribution in [2.75, 3.05) is 14.2 Å². The number of ether oxygens (including phenoxy) is 2. The molecule has 0 spiro atoms. The Labute approximate surface area is 158 Å². The molecule has 134 valence electrons. The van der Waals surface area contributed by atoms with Gasteiger partial charge in [-0.05, 0) is 31.2 Å². The van der Waals surface area contributed by atoms with Gasteiger partial charge in [-0.1, -0.05) is 22.9 Å². The highest BCUT2D eigenvalue weighted by atomic mass is 35.5.